The molecule has 0 bridgehead atoms. The molecule has 0 aromatic heterocycles. The highest BCUT2D eigenvalue weighted by atomic mass is 28.4. The summed E-state index contributed by atoms with van der Waals surface area (Å²) in [6.45, 7) is 24.6. The standard InChI is InChI=1S/C22H44O5Si2/c1-16-19(27-29(10,11)21(5,6)7)17(26-28(8,9)20(2,3)4)15-22(24-16)14-12-13-18(23)25-22/h16-17,19H,12-15H2,1-11H3/t16-,17-,19-,22-/m0/s1. The van der Waals surface area contributed by atoms with Gasteiger partial charge in [-0.15, -0.1) is 0 Å². The fraction of sp³-hybridized carbons (Fsp3) is 0.955. The van der Waals surface area contributed by atoms with Crippen molar-refractivity contribution < 1.29 is 23.1 Å². The molecule has 29 heavy (non-hydrogen) atoms. The van der Waals surface area contributed by atoms with Crippen LogP contribution in [0.5, 0.6) is 0 Å². The first-order chi connectivity index (χ1) is 12.9. The Morgan fingerprint density at radius 2 is 1.48 bits per heavy atom. The van der Waals surface area contributed by atoms with Crippen molar-refractivity contribution in [3.8, 4) is 0 Å². The van der Waals surface area contributed by atoms with Gasteiger partial charge in [0.1, 0.15) is 0 Å². The number of carbonyl (C=O) groups is 1. The van der Waals surface area contributed by atoms with Crippen molar-refractivity contribution in [2.75, 3.05) is 0 Å². The second kappa shape index (κ2) is 8.04. The van der Waals surface area contributed by atoms with Crippen LogP contribution in [0.15, 0.2) is 0 Å². The van der Waals surface area contributed by atoms with Gasteiger partial charge in [-0.1, -0.05) is 41.5 Å². The van der Waals surface area contributed by atoms with Gasteiger partial charge in [0.2, 0.25) is 5.79 Å². The van der Waals surface area contributed by atoms with Crippen LogP contribution < -0.4 is 0 Å². The molecule has 0 aromatic carbocycles. The van der Waals surface area contributed by atoms with E-state index < -0.39 is 22.4 Å². The van der Waals surface area contributed by atoms with E-state index in [0.29, 0.717) is 12.8 Å². The normalized spacial score (nSPS) is 32.4. The molecule has 2 fully saturated rings. The van der Waals surface area contributed by atoms with Gasteiger partial charge < -0.3 is 18.3 Å². The molecule has 1 spiro atoms. The number of ether oxygens (including phenoxy) is 2. The highest BCUT2D eigenvalue weighted by Gasteiger charge is 2.54. The molecule has 0 amide bonds. The van der Waals surface area contributed by atoms with Crippen molar-refractivity contribution in [2.45, 2.75) is 135 Å². The lowest BCUT2D eigenvalue weighted by atomic mass is 9.91. The fourth-order valence-corrected chi connectivity index (χ4v) is 6.28. The van der Waals surface area contributed by atoms with Crippen LogP contribution in [-0.4, -0.2) is 46.7 Å². The molecule has 2 heterocycles. The second-order valence-electron chi connectivity index (χ2n) is 12.0. The van der Waals surface area contributed by atoms with Crippen molar-refractivity contribution in [3.63, 3.8) is 0 Å². The zero-order valence-corrected chi connectivity index (χ0v) is 22.6. The van der Waals surface area contributed by atoms with E-state index in [1.165, 1.54) is 0 Å². The summed E-state index contributed by atoms with van der Waals surface area (Å²) in [5.41, 5.74) is 0. The van der Waals surface area contributed by atoms with E-state index in [-0.39, 0.29) is 34.4 Å². The predicted octanol–water partition coefficient (Wildman–Crippen LogP) is 6.00. The molecule has 2 saturated heterocycles. The van der Waals surface area contributed by atoms with Crippen molar-refractivity contribution in [1.29, 1.82) is 0 Å². The topological polar surface area (TPSA) is 54.0 Å². The summed E-state index contributed by atoms with van der Waals surface area (Å²) in [5.74, 6) is -1.03. The van der Waals surface area contributed by atoms with E-state index in [4.69, 9.17) is 18.3 Å². The summed E-state index contributed by atoms with van der Waals surface area (Å²) in [5, 5.41) is 0.188. The first-order valence-corrected chi connectivity index (χ1v) is 17.0. The van der Waals surface area contributed by atoms with Crippen LogP contribution in [0.1, 0.15) is 74.1 Å². The van der Waals surface area contributed by atoms with Crippen molar-refractivity contribution in [1.82, 2.24) is 0 Å². The average molecular weight is 445 g/mol. The summed E-state index contributed by atoms with van der Waals surface area (Å²) in [6.07, 6.45) is 2.06. The number of carbonyl (C=O) groups excluding carboxylic acids is 1. The van der Waals surface area contributed by atoms with Gasteiger partial charge in [-0.3, -0.25) is 4.79 Å². The van der Waals surface area contributed by atoms with Gasteiger partial charge >= 0.3 is 5.97 Å². The Balaban J connectivity index is 2.36. The Hall–Kier alpha value is -0.216. The zero-order valence-electron chi connectivity index (χ0n) is 20.6. The molecular formula is C22H44O5Si2. The van der Waals surface area contributed by atoms with E-state index in [9.17, 15) is 4.79 Å². The third-order valence-corrected chi connectivity index (χ3v) is 16.4. The molecule has 5 nitrogen and oxygen atoms in total. The van der Waals surface area contributed by atoms with E-state index in [1.54, 1.807) is 0 Å². The van der Waals surface area contributed by atoms with E-state index >= 15 is 0 Å². The Bertz CT molecular complexity index is 605. The Labute approximate surface area is 180 Å². The minimum absolute atomic E-state index is 0.0898. The first-order valence-electron chi connectivity index (χ1n) is 11.1. The van der Waals surface area contributed by atoms with Crippen LogP contribution in [0.3, 0.4) is 0 Å². The summed E-state index contributed by atoms with van der Waals surface area (Å²) in [7, 11) is -4.07. The Morgan fingerprint density at radius 3 is 1.97 bits per heavy atom. The predicted molar refractivity (Wildman–Crippen MR) is 122 cm³/mol. The van der Waals surface area contributed by atoms with Gasteiger partial charge in [-0.2, -0.15) is 0 Å². The second-order valence-corrected chi connectivity index (χ2v) is 21.5. The number of hydrogen-bond donors (Lipinski definition) is 0. The smallest absolute Gasteiger partial charge is 0.308 e. The van der Waals surface area contributed by atoms with Crippen molar-refractivity contribution in [2.24, 2.45) is 0 Å². The van der Waals surface area contributed by atoms with E-state index in [2.05, 4.69) is 67.7 Å². The Kier molecular flexibility index (Phi) is 6.95. The molecule has 2 aliphatic rings. The lowest BCUT2D eigenvalue weighted by Gasteiger charge is -2.53. The maximum Gasteiger partial charge on any atom is 0.308 e. The number of esters is 1. The summed E-state index contributed by atoms with van der Waals surface area (Å²) >= 11 is 0. The van der Waals surface area contributed by atoms with Crippen molar-refractivity contribution >= 4 is 22.6 Å². The van der Waals surface area contributed by atoms with Crippen LogP contribution in [-0.2, 0) is 23.1 Å². The highest BCUT2D eigenvalue weighted by molar-refractivity contribution is 6.74. The number of rotatable bonds is 4. The summed E-state index contributed by atoms with van der Waals surface area (Å²) < 4.78 is 25.9. The van der Waals surface area contributed by atoms with E-state index in [1.807, 2.05) is 6.92 Å². The van der Waals surface area contributed by atoms with Gasteiger partial charge in [0.25, 0.3) is 0 Å². The average Bonchev–Trinajstić information content (AvgIpc) is 2.48. The van der Waals surface area contributed by atoms with E-state index in [0.717, 1.165) is 12.8 Å². The molecule has 0 saturated carbocycles. The maximum atomic E-state index is 12.1. The SMILES string of the molecule is C[C@@H]1O[C@]2(CCCC(=O)O2)C[C@H](O[Si](C)(C)C(C)(C)C)[C@H]1O[Si](C)(C)C(C)(C)C. The Morgan fingerprint density at radius 1 is 0.966 bits per heavy atom. The number of hydrogen-bond acceptors (Lipinski definition) is 5. The largest absolute Gasteiger partial charge is 0.433 e. The van der Waals surface area contributed by atoms with Crippen LogP contribution in [0.4, 0.5) is 0 Å². The van der Waals surface area contributed by atoms with Crippen LogP contribution >= 0.6 is 0 Å². The molecule has 170 valence electrons. The van der Waals surface area contributed by atoms with Crippen LogP contribution in [0.2, 0.25) is 36.3 Å². The van der Waals surface area contributed by atoms with Gasteiger partial charge in [-0.05, 0) is 49.6 Å². The van der Waals surface area contributed by atoms with Crippen LogP contribution in [0, 0.1) is 0 Å². The van der Waals surface area contributed by atoms with Gasteiger partial charge in [0.15, 0.2) is 16.6 Å². The van der Waals surface area contributed by atoms with Gasteiger partial charge in [-0.25, -0.2) is 0 Å². The minimum atomic E-state index is -2.04. The lowest BCUT2D eigenvalue weighted by Crippen LogP contribution is -2.63. The lowest BCUT2D eigenvalue weighted by molar-refractivity contribution is -0.308. The van der Waals surface area contributed by atoms with Gasteiger partial charge in [0, 0.05) is 19.3 Å². The third-order valence-electron chi connectivity index (χ3n) is 7.47. The molecule has 0 N–H and O–H groups in total. The molecule has 7 heteroatoms. The summed E-state index contributed by atoms with van der Waals surface area (Å²) in [6, 6.07) is 0. The molecule has 0 radical (unpaired) electrons. The molecule has 4 atom stereocenters. The van der Waals surface area contributed by atoms with Crippen molar-refractivity contribution in [3.05, 3.63) is 0 Å². The maximum absolute atomic E-state index is 12.1. The monoisotopic (exact) mass is 444 g/mol. The molecular weight excluding hydrogens is 400 g/mol. The molecule has 0 unspecified atom stereocenters. The molecule has 2 aliphatic heterocycles. The van der Waals surface area contributed by atoms with Crippen LogP contribution in [0.25, 0.3) is 0 Å². The van der Waals surface area contributed by atoms with Gasteiger partial charge in [0.05, 0.1) is 18.3 Å². The minimum Gasteiger partial charge on any atom is -0.433 e. The molecule has 0 aromatic rings. The third kappa shape index (κ3) is 5.53. The molecule has 0 aliphatic carbocycles. The summed E-state index contributed by atoms with van der Waals surface area (Å²) in [4.78, 5) is 12.1. The zero-order chi connectivity index (χ0) is 22.5. The first kappa shape index (κ1) is 25.0. The quantitative estimate of drug-likeness (QED) is 0.393. The fourth-order valence-electron chi connectivity index (χ4n) is 3.57. The molecule has 2 rings (SSSR count). The highest BCUT2D eigenvalue weighted by Crippen LogP contribution is 2.46.